The molecule has 0 radical (unpaired) electrons. The van der Waals surface area contributed by atoms with E-state index in [1.54, 1.807) is 0 Å². The molecule has 0 fully saturated rings. The minimum Gasteiger partial charge on any atom is -0.324 e. The Balaban J connectivity index is 4.31. The predicted molar refractivity (Wildman–Crippen MR) is 51.2 cm³/mol. The Morgan fingerprint density at radius 2 is 1.36 bits per heavy atom. The Morgan fingerprint density at radius 1 is 1.00 bits per heavy atom. The molecule has 0 bridgehead atoms. The molecule has 0 atom stereocenters. The monoisotopic (exact) mass is 267 g/mol. The normalized spacial score (nSPS) is 13.6. The lowest BCUT2D eigenvalue weighted by atomic mass is 10.7. The molecule has 10 heteroatoms. The van der Waals surface area contributed by atoms with Gasteiger partial charge in [0, 0.05) is 12.4 Å². The molecule has 0 aliphatic carbocycles. The van der Waals surface area contributed by atoms with E-state index in [9.17, 15) is 9.13 Å². The highest BCUT2D eigenvalue weighted by atomic mass is 35.5. The van der Waals surface area contributed by atoms with E-state index in [0.29, 0.717) is 0 Å². The standard InChI is InChI=1S/C4H12ClNO6P2/c5-1-2-6(3-13(7,8)9)4-14(10,11)12/h1-4H2,(H2,7,8,9)(H2,10,11,12). The van der Waals surface area contributed by atoms with Crippen LogP contribution in [0.15, 0.2) is 0 Å². The van der Waals surface area contributed by atoms with Crippen LogP contribution >= 0.6 is 26.8 Å². The van der Waals surface area contributed by atoms with E-state index in [-0.39, 0.29) is 12.4 Å². The molecule has 0 aliphatic heterocycles. The number of rotatable bonds is 6. The van der Waals surface area contributed by atoms with Crippen molar-refractivity contribution < 1.29 is 28.7 Å². The van der Waals surface area contributed by atoms with Gasteiger partial charge in [0.15, 0.2) is 0 Å². The summed E-state index contributed by atoms with van der Waals surface area (Å²) in [5, 5.41) is 0. The van der Waals surface area contributed by atoms with Crippen molar-refractivity contribution in [1.29, 1.82) is 0 Å². The van der Waals surface area contributed by atoms with Crippen LogP contribution in [-0.2, 0) is 9.13 Å². The molecule has 0 spiro atoms. The maximum absolute atomic E-state index is 10.6. The molecule has 0 aromatic carbocycles. The summed E-state index contributed by atoms with van der Waals surface area (Å²) in [5.41, 5.74) is 0. The first kappa shape index (κ1) is 14.6. The van der Waals surface area contributed by atoms with Gasteiger partial charge in [-0.3, -0.25) is 14.0 Å². The second-order valence-corrected chi connectivity index (χ2v) is 6.30. The fourth-order valence-electron chi connectivity index (χ4n) is 0.827. The number of hydrogen-bond acceptors (Lipinski definition) is 3. The molecule has 0 unspecified atom stereocenters. The summed E-state index contributed by atoms with van der Waals surface area (Å²) in [4.78, 5) is 35.3. The average molecular weight is 268 g/mol. The highest BCUT2D eigenvalue weighted by Crippen LogP contribution is 2.40. The summed E-state index contributed by atoms with van der Waals surface area (Å²) in [6.07, 6.45) is -1.41. The van der Waals surface area contributed by atoms with E-state index >= 15 is 0 Å². The zero-order chi connectivity index (χ0) is 11.4. The number of hydrogen-bond donors (Lipinski definition) is 4. The maximum Gasteiger partial charge on any atom is 0.339 e. The molecule has 0 aliphatic rings. The van der Waals surface area contributed by atoms with E-state index in [4.69, 9.17) is 31.2 Å². The molecule has 0 saturated heterocycles. The van der Waals surface area contributed by atoms with Crippen LogP contribution in [0.2, 0.25) is 0 Å². The zero-order valence-electron chi connectivity index (χ0n) is 7.15. The summed E-state index contributed by atoms with van der Waals surface area (Å²) < 4.78 is 21.1. The van der Waals surface area contributed by atoms with Crippen LogP contribution in [-0.4, -0.2) is 49.5 Å². The molecule has 7 nitrogen and oxygen atoms in total. The predicted octanol–water partition coefficient (Wildman–Crippen LogP) is -0.202. The van der Waals surface area contributed by atoms with Gasteiger partial charge in [0.25, 0.3) is 0 Å². The first-order chi connectivity index (χ1) is 6.14. The van der Waals surface area contributed by atoms with Gasteiger partial charge in [-0.2, -0.15) is 0 Å². The van der Waals surface area contributed by atoms with Crippen molar-refractivity contribution in [3.8, 4) is 0 Å². The van der Waals surface area contributed by atoms with Crippen molar-refractivity contribution in [2.45, 2.75) is 0 Å². The maximum atomic E-state index is 10.6. The van der Waals surface area contributed by atoms with E-state index in [0.717, 1.165) is 4.90 Å². The third-order valence-corrected chi connectivity index (χ3v) is 2.88. The second-order valence-electron chi connectivity index (χ2n) is 2.70. The summed E-state index contributed by atoms with van der Waals surface area (Å²) in [7, 11) is -8.63. The smallest absolute Gasteiger partial charge is 0.324 e. The van der Waals surface area contributed by atoms with Gasteiger partial charge in [0.05, 0.1) is 0 Å². The third kappa shape index (κ3) is 9.12. The Labute approximate surface area is 86.0 Å². The van der Waals surface area contributed by atoms with Gasteiger partial charge in [-0.15, -0.1) is 11.6 Å². The molecule has 86 valence electrons. The van der Waals surface area contributed by atoms with Crippen LogP contribution < -0.4 is 0 Å². The van der Waals surface area contributed by atoms with Crippen LogP contribution in [0.4, 0.5) is 0 Å². The second kappa shape index (κ2) is 5.58. The van der Waals surface area contributed by atoms with Gasteiger partial charge in [-0.25, -0.2) is 0 Å². The first-order valence-electron chi connectivity index (χ1n) is 3.51. The van der Waals surface area contributed by atoms with Crippen molar-refractivity contribution in [3.63, 3.8) is 0 Å². The topological polar surface area (TPSA) is 118 Å². The highest BCUT2D eigenvalue weighted by Gasteiger charge is 2.24. The summed E-state index contributed by atoms with van der Waals surface area (Å²) >= 11 is 5.31. The van der Waals surface area contributed by atoms with Crippen LogP contribution in [0.25, 0.3) is 0 Å². The Bertz CT molecular complexity index is 237. The van der Waals surface area contributed by atoms with Gasteiger partial charge in [-0.1, -0.05) is 0 Å². The minimum absolute atomic E-state index is 0.0117. The number of nitrogens with zero attached hydrogens (tertiary/aromatic N) is 1. The van der Waals surface area contributed by atoms with E-state index < -0.39 is 27.8 Å². The van der Waals surface area contributed by atoms with Gasteiger partial charge < -0.3 is 19.6 Å². The summed E-state index contributed by atoms with van der Waals surface area (Å²) in [5.74, 6) is 0.0417. The van der Waals surface area contributed by atoms with Gasteiger partial charge in [0.2, 0.25) is 0 Å². The Kier molecular flexibility index (Phi) is 5.80. The quantitative estimate of drug-likeness (QED) is 0.389. The molecule has 0 amide bonds. The van der Waals surface area contributed by atoms with Crippen LogP contribution in [0, 0.1) is 0 Å². The molecular formula is C4H12ClNO6P2. The first-order valence-corrected chi connectivity index (χ1v) is 7.64. The van der Waals surface area contributed by atoms with Crippen molar-refractivity contribution in [2.24, 2.45) is 0 Å². The molecular weight excluding hydrogens is 255 g/mol. The zero-order valence-corrected chi connectivity index (χ0v) is 9.70. The Hall–Kier alpha value is 0.550. The molecule has 0 heterocycles. The lowest BCUT2D eigenvalue weighted by Gasteiger charge is -2.21. The van der Waals surface area contributed by atoms with E-state index in [2.05, 4.69) is 0 Å². The molecule has 0 rings (SSSR count). The Morgan fingerprint density at radius 3 is 1.57 bits per heavy atom. The molecule has 0 aromatic heterocycles. The van der Waals surface area contributed by atoms with Crippen LogP contribution in [0.5, 0.6) is 0 Å². The van der Waals surface area contributed by atoms with Crippen LogP contribution in [0.1, 0.15) is 0 Å². The van der Waals surface area contributed by atoms with E-state index in [1.165, 1.54) is 0 Å². The van der Waals surface area contributed by atoms with Crippen LogP contribution in [0.3, 0.4) is 0 Å². The van der Waals surface area contributed by atoms with Crippen molar-refractivity contribution >= 4 is 26.8 Å². The lowest BCUT2D eigenvalue weighted by Crippen LogP contribution is -2.28. The van der Waals surface area contributed by atoms with Gasteiger partial charge >= 0.3 is 15.2 Å². The summed E-state index contributed by atoms with van der Waals surface area (Å²) in [6, 6.07) is 0. The third-order valence-electron chi connectivity index (χ3n) is 1.17. The SMILES string of the molecule is O=P(O)(O)CN(CCCl)CP(=O)(O)O. The molecule has 0 saturated carbocycles. The van der Waals surface area contributed by atoms with Gasteiger partial charge in [0.1, 0.15) is 12.6 Å². The molecule has 0 aromatic rings. The number of alkyl halides is 1. The van der Waals surface area contributed by atoms with Crippen molar-refractivity contribution in [3.05, 3.63) is 0 Å². The fraction of sp³-hybridized carbons (Fsp3) is 1.00. The fourth-order valence-corrected chi connectivity index (χ4v) is 2.75. The minimum atomic E-state index is -4.31. The molecule has 4 N–H and O–H groups in total. The van der Waals surface area contributed by atoms with Crippen molar-refractivity contribution in [1.82, 2.24) is 4.90 Å². The lowest BCUT2D eigenvalue weighted by molar-refractivity contribution is 0.286. The number of halogens is 1. The van der Waals surface area contributed by atoms with Gasteiger partial charge in [-0.05, 0) is 0 Å². The van der Waals surface area contributed by atoms with E-state index in [1.807, 2.05) is 0 Å². The van der Waals surface area contributed by atoms with Crippen molar-refractivity contribution in [2.75, 3.05) is 25.0 Å². The molecule has 14 heavy (non-hydrogen) atoms. The highest BCUT2D eigenvalue weighted by molar-refractivity contribution is 7.52. The largest absolute Gasteiger partial charge is 0.339 e. The summed E-state index contributed by atoms with van der Waals surface area (Å²) in [6.45, 7) is 0.0117. The average Bonchev–Trinajstić information content (AvgIpc) is 1.78.